The predicted molar refractivity (Wildman–Crippen MR) is 79.3 cm³/mol. The quantitative estimate of drug-likeness (QED) is 0.641. The molecule has 1 unspecified atom stereocenters. The van der Waals surface area contributed by atoms with Crippen molar-refractivity contribution in [2.75, 3.05) is 0 Å². The van der Waals surface area contributed by atoms with Gasteiger partial charge in [0, 0.05) is 34.8 Å². The summed E-state index contributed by atoms with van der Waals surface area (Å²) in [4.78, 5) is 2.61. The van der Waals surface area contributed by atoms with E-state index in [-0.39, 0.29) is 22.2 Å². The summed E-state index contributed by atoms with van der Waals surface area (Å²) in [7, 11) is 0. The molecule has 25 heavy (non-hydrogen) atoms. The number of benzene rings is 2. The van der Waals surface area contributed by atoms with Crippen molar-refractivity contribution in [3.05, 3.63) is 59.3 Å². The highest BCUT2D eigenvalue weighted by Crippen LogP contribution is 2.41. The van der Waals surface area contributed by atoms with Crippen molar-refractivity contribution in [1.82, 2.24) is 4.98 Å². The van der Waals surface area contributed by atoms with E-state index < -0.39 is 35.5 Å². The summed E-state index contributed by atoms with van der Waals surface area (Å²) >= 11 is 0. The molecule has 1 aromatic heterocycles. The van der Waals surface area contributed by atoms with Gasteiger partial charge in [-0.1, -0.05) is 0 Å². The Morgan fingerprint density at radius 1 is 1.04 bits per heavy atom. The van der Waals surface area contributed by atoms with Gasteiger partial charge in [0.15, 0.2) is 17.7 Å². The van der Waals surface area contributed by atoms with Crippen LogP contribution < -0.4 is 4.74 Å². The minimum Gasteiger partial charge on any atom is -0.454 e. The number of nitrogens with one attached hydrogen (secondary N) is 1. The van der Waals surface area contributed by atoms with Gasteiger partial charge in [0.05, 0.1) is 5.56 Å². The van der Waals surface area contributed by atoms with E-state index in [4.69, 9.17) is 10.00 Å². The number of fused-ring (bicyclic) bond motifs is 1. The summed E-state index contributed by atoms with van der Waals surface area (Å²) in [5, 5.41) is 8.84. The molecule has 3 rings (SSSR count). The van der Waals surface area contributed by atoms with Crippen LogP contribution in [0.3, 0.4) is 0 Å². The highest BCUT2D eigenvalue weighted by Gasteiger charge is 2.30. The number of aromatic amines is 1. The lowest BCUT2D eigenvalue weighted by Gasteiger charge is -2.16. The van der Waals surface area contributed by atoms with Crippen LogP contribution in [0.5, 0.6) is 11.5 Å². The summed E-state index contributed by atoms with van der Waals surface area (Å²) in [5.74, 6) is -2.83. The molecule has 1 heterocycles. The number of ether oxygens (including phenoxy) is 1. The molecule has 0 fully saturated rings. The summed E-state index contributed by atoms with van der Waals surface area (Å²) in [6.07, 6.45) is -4.84. The predicted octanol–water partition coefficient (Wildman–Crippen LogP) is 5.39. The Bertz CT molecular complexity index is 977. The van der Waals surface area contributed by atoms with Gasteiger partial charge in [0.2, 0.25) is 0 Å². The van der Waals surface area contributed by atoms with Crippen LogP contribution in [-0.4, -0.2) is 11.4 Å². The fraction of sp³-hybridized carbons (Fsp3) is 0.118. The van der Waals surface area contributed by atoms with E-state index >= 15 is 0 Å². The first-order valence-corrected chi connectivity index (χ1v) is 7.01. The normalized spacial score (nSPS) is 12.4. The van der Waals surface area contributed by atoms with Crippen LogP contribution in [-0.2, 0) is 0 Å². The standard InChI is InChI=1S/C17H9F5N2O/c18-11-2-1-9(5-8(11)7-23)25-16-12(19)6-13-10(3-4-24-13)14(16)15(20)17(21)22/h1-6,15,17,24H. The molecule has 0 saturated carbocycles. The van der Waals surface area contributed by atoms with Gasteiger partial charge in [-0.15, -0.1) is 0 Å². The summed E-state index contributed by atoms with van der Waals surface area (Å²) in [6.45, 7) is 0. The molecule has 8 heteroatoms. The van der Waals surface area contributed by atoms with Crippen LogP contribution in [0.15, 0.2) is 36.5 Å². The monoisotopic (exact) mass is 352 g/mol. The van der Waals surface area contributed by atoms with E-state index in [0.717, 1.165) is 24.3 Å². The van der Waals surface area contributed by atoms with E-state index in [0.29, 0.717) is 0 Å². The van der Waals surface area contributed by atoms with Crippen LogP contribution in [0.4, 0.5) is 22.0 Å². The van der Waals surface area contributed by atoms with E-state index in [1.54, 1.807) is 6.07 Å². The fourth-order valence-corrected chi connectivity index (χ4v) is 2.45. The van der Waals surface area contributed by atoms with Crippen LogP contribution in [0, 0.1) is 23.0 Å². The molecule has 0 spiro atoms. The van der Waals surface area contributed by atoms with E-state index in [1.165, 1.54) is 12.3 Å². The number of alkyl halides is 3. The van der Waals surface area contributed by atoms with Crippen molar-refractivity contribution >= 4 is 10.9 Å². The number of aromatic nitrogens is 1. The van der Waals surface area contributed by atoms with Gasteiger partial charge in [-0.3, -0.25) is 0 Å². The molecule has 0 amide bonds. The van der Waals surface area contributed by atoms with Crippen LogP contribution in [0.1, 0.15) is 17.3 Å². The number of H-pyrrole nitrogens is 1. The Balaban J connectivity index is 2.17. The fourth-order valence-electron chi connectivity index (χ4n) is 2.45. The first-order chi connectivity index (χ1) is 11.9. The average Bonchev–Trinajstić information content (AvgIpc) is 3.04. The van der Waals surface area contributed by atoms with Crippen molar-refractivity contribution in [2.45, 2.75) is 12.6 Å². The van der Waals surface area contributed by atoms with Gasteiger partial charge in [-0.2, -0.15) is 5.26 Å². The van der Waals surface area contributed by atoms with E-state index in [2.05, 4.69) is 4.98 Å². The molecule has 3 nitrogen and oxygen atoms in total. The van der Waals surface area contributed by atoms with Crippen molar-refractivity contribution < 1.29 is 26.7 Å². The largest absolute Gasteiger partial charge is 0.454 e. The maximum absolute atomic E-state index is 14.3. The highest BCUT2D eigenvalue weighted by molar-refractivity contribution is 5.86. The Hall–Kier alpha value is -3.08. The SMILES string of the molecule is N#Cc1cc(Oc2c(F)cc3[nH]ccc3c2C(F)C(F)F)ccc1F. The number of hydrogen-bond acceptors (Lipinski definition) is 2. The smallest absolute Gasteiger partial charge is 0.273 e. The highest BCUT2D eigenvalue weighted by atomic mass is 19.3. The molecule has 0 aliphatic carbocycles. The third kappa shape index (κ3) is 3.01. The molecule has 0 radical (unpaired) electrons. The van der Waals surface area contributed by atoms with Gasteiger partial charge in [0.1, 0.15) is 17.6 Å². The number of hydrogen-bond donors (Lipinski definition) is 1. The average molecular weight is 352 g/mol. The zero-order chi connectivity index (χ0) is 18.1. The molecule has 0 saturated heterocycles. The van der Waals surface area contributed by atoms with Gasteiger partial charge in [-0.25, -0.2) is 22.0 Å². The van der Waals surface area contributed by atoms with E-state index in [9.17, 15) is 22.0 Å². The molecule has 3 aromatic rings. The number of halogens is 5. The Morgan fingerprint density at radius 2 is 1.80 bits per heavy atom. The van der Waals surface area contributed by atoms with Gasteiger partial charge < -0.3 is 9.72 Å². The van der Waals surface area contributed by atoms with Crippen LogP contribution in [0.2, 0.25) is 0 Å². The number of nitrogens with zero attached hydrogens (tertiary/aromatic N) is 1. The van der Waals surface area contributed by atoms with Gasteiger partial charge >= 0.3 is 0 Å². The second kappa shape index (κ2) is 6.43. The lowest BCUT2D eigenvalue weighted by molar-refractivity contribution is 0.0490. The van der Waals surface area contributed by atoms with Crippen molar-refractivity contribution in [2.24, 2.45) is 0 Å². The molecule has 2 aromatic carbocycles. The third-order valence-electron chi connectivity index (χ3n) is 3.58. The van der Waals surface area contributed by atoms with Crippen molar-refractivity contribution in [1.29, 1.82) is 5.26 Å². The Morgan fingerprint density at radius 3 is 2.48 bits per heavy atom. The molecular formula is C17H9F5N2O. The second-order valence-electron chi connectivity index (χ2n) is 5.13. The summed E-state index contributed by atoms with van der Waals surface area (Å²) in [5.41, 5.74) is -0.915. The minimum absolute atomic E-state index is 0.0341. The molecule has 1 N–H and O–H groups in total. The molecule has 0 bridgehead atoms. The lowest BCUT2D eigenvalue weighted by atomic mass is 10.0. The first-order valence-electron chi connectivity index (χ1n) is 7.01. The van der Waals surface area contributed by atoms with E-state index in [1.807, 2.05) is 0 Å². The van der Waals surface area contributed by atoms with Gasteiger partial charge in [0.25, 0.3) is 6.43 Å². The maximum Gasteiger partial charge on any atom is 0.273 e. The Labute approximate surface area is 138 Å². The molecular weight excluding hydrogens is 343 g/mol. The zero-order valence-electron chi connectivity index (χ0n) is 12.4. The number of rotatable bonds is 4. The van der Waals surface area contributed by atoms with Crippen LogP contribution in [0.25, 0.3) is 10.9 Å². The molecule has 128 valence electrons. The van der Waals surface area contributed by atoms with Gasteiger partial charge in [-0.05, 0) is 18.2 Å². The minimum atomic E-state index is -3.40. The molecule has 0 aliphatic rings. The van der Waals surface area contributed by atoms with Crippen molar-refractivity contribution in [3.8, 4) is 17.6 Å². The van der Waals surface area contributed by atoms with Crippen LogP contribution >= 0.6 is 0 Å². The zero-order valence-corrected chi connectivity index (χ0v) is 12.4. The second-order valence-corrected chi connectivity index (χ2v) is 5.13. The topological polar surface area (TPSA) is 48.8 Å². The first kappa shape index (κ1) is 16.8. The summed E-state index contributed by atoms with van der Waals surface area (Å²) < 4.78 is 72.8. The number of nitriles is 1. The van der Waals surface area contributed by atoms with Crippen molar-refractivity contribution in [3.63, 3.8) is 0 Å². The maximum atomic E-state index is 14.3. The lowest BCUT2D eigenvalue weighted by Crippen LogP contribution is -2.07. The summed E-state index contributed by atoms with van der Waals surface area (Å²) in [6, 6.07) is 6.81. The Kier molecular flexibility index (Phi) is 4.31. The third-order valence-corrected chi connectivity index (χ3v) is 3.58. The molecule has 0 aliphatic heterocycles. The molecule has 1 atom stereocenters.